The monoisotopic (exact) mass is 515 g/mol. The van der Waals surface area contributed by atoms with E-state index in [1.165, 1.54) is 22.9 Å². The molecule has 0 bridgehead atoms. The standard InChI is InChI=1S/C28H26ClN5O3/c29-22-6-10-24(11-7-22)37-25-12-8-23(9-13-25)32-28(36)26-15-21(14-20-4-2-1-3-5-20)16-34(26)27(35)17-33-19-30-18-31-33/h1-13,18-19,21,26H,14-17H2,(H,32,36)/t21-,26+/m1/s1. The van der Waals surface area contributed by atoms with Crippen molar-refractivity contribution in [2.45, 2.75) is 25.4 Å². The Morgan fingerprint density at radius 2 is 1.68 bits per heavy atom. The molecule has 2 heterocycles. The highest BCUT2D eigenvalue weighted by Crippen LogP contribution is 2.29. The van der Waals surface area contributed by atoms with E-state index in [2.05, 4.69) is 27.5 Å². The van der Waals surface area contributed by atoms with E-state index < -0.39 is 6.04 Å². The van der Waals surface area contributed by atoms with Crippen LogP contribution in [-0.2, 0) is 22.6 Å². The first kappa shape index (κ1) is 24.5. The van der Waals surface area contributed by atoms with E-state index in [1.54, 1.807) is 53.4 Å². The van der Waals surface area contributed by atoms with E-state index in [9.17, 15) is 9.59 Å². The topological polar surface area (TPSA) is 89.4 Å². The minimum absolute atomic E-state index is 0.0402. The number of carbonyl (C=O) groups is 2. The summed E-state index contributed by atoms with van der Waals surface area (Å²) in [7, 11) is 0. The Balaban J connectivity index is 1.26. The second-order valence-electron chi connectivity index (χ2n) is 9.02. The fraction of sp³-hybridized carbons (Fsp3) is 0.214. The van der Waals surface area contributed by atoms with Crippen molar-refractivity contribution in [1.82, 2.24) is 19.7 Å². The summed E-state index contributed by atoms with van der Waals surface area (Å²) in [5.74, 6) is 1.10. The summed E-state index contributed by atoms with van der Waals surface area (Å²) in [5, 5.41) is 7.64. The number of aromatic nitrogens is 3. The summed E-state index contributed by atoms with van der Waals surface area (Å²) >= 11 is 5.92. The Morgan fingerprint density at radius 1 is 0.973 bits per heavy atom. The summed E-state index contributed by atoms with van der Waals surface area (Å²) in [6.07, 6.45) is 4.27. The van der Waals surface area contributed by atoms with Crippen LogP contribution in [0.5, 0.6) is 11.5 Å². The van der Waals surface area contributed by atoms with E-state index in [1.807, 2.05) is 18.2 Å². The van der Waals surface area contributed by atoms with Crippen molar-refractivity contribution in [2.24, 2.45) is 5.92 Å². The van der Waals surface area contributed by atoms with E-state index >= 15 is 0 Å². The lowest BCUT2D eigenvalue weighted by atomic mass is 9.96. The first-order chi connectivity index (χ1) is 18.0. The zero-order valence-electron chi connectivity index (χ0n) is 20.0. The normalized spacial score (nSPS) is 16.9. The number of carbonyl (C=O) groups excluding carboxylic acids is 2. The van der Waals surface area contributed by atoms with Crippen LogP contribution in [-0.4, -0.2) is 44.1 Å². The fourth-order valence-electron chi connectivity index (χ4n) is 4.56. The van der Waals surface area contributed by atoms with Crippen LogP contribution < -0.4 is 10.1 Å². The molecule has 1 fully saturated rings. The molecule has 1 aromatic heterocycles. The van der Waals surface area contributed by atoms with Crippen LogP contribution in [0.4, 0.5) is 5.69 Å². The number of anilines is 1. The molecule has 1 saturated heterocycles. The van der Waals surface area contributed by atoms with Gasteiger partial charge in [-0.15, -0.1) is 0 Å². The quantitative estimate of drug-likeness (QED) is 0.363. The van der Waals surface area contributed by atoms with Gasteiger partial charge in [-0.1, -0.05) is 41.9 Å². The first-order valence-electron chi connectivity index (χ1n) is 12.0. The third-order valence-corrected chi connectivity index (χ3v) is 6.56. The van der Waals surface area contributed by atoms with Gasteiger partial charge in [-0.25, -0.2) is 9.67 Å². The molecule has 0 spiro atoms. The number of likely N-dealkylation sites (tertiary alicyclic amines) is 1. The third-order valence-electron chi connectivity index (χ3n) is 6.31. The van der Waals surface area contributed by atoms with Crippen molar-refractivity contribution in [1.29, 1.82) is 0 Å². The molecule has 8 nitrogen and oxygen atoms in total. The molecule has 0 radical (unpaired) electrons. The number of hydrogen-bond acceptors (Lipinski definition) is 5. The summed E-state index contributed by atoms with van der Waals surface area (Å²) in [4.78, 5) is 32.1. The van der Waals surface area contributed by atoms with Crippen LogP contribution in [0.3, 0.4) is 0 Å². The van der Waals surface area contributed by atoms with E-state index in [4.69, 9.17) is 16.3 Å². The maximum Gasteiger partial charge on any atom is 0.247 e. The van der Waals surface area contributed by atoms with Gasteiger partial charge in [0, 0.05) is 17.3 Å². The van der Waals surface area contributed by atoms with Crippen molar-refractivity contribution < 1.29 is 14.3 Å². The van der Waals surface area contributed by atoms with E-state index in [0.717, 1.165) is 6.42 Å². The lowest BCUT2D eigenvalue weighted by Crippen LogP contribution is -2.44. The average Bonchev–Trinajstić information content (AvgIpc) is 3.57. The zero-order chi connectivity index (χ0) is 25.6. The molecule has 0 unspecified atom stereocenters. The van der Waals surface area contributed by atoms with Gasteiger partial charge < -0.3 is 15.0 Å². The zero-order valence-corrected chi connectivity index (χ0v) is 20.8. The predicted molar refractivity (Wildman–Crippen MR) is 140 cm³/mol. The number of halogens is 1. The van der Waals surface area contributed by atoms with Gasteiger partial charge in [0.25, 0.3) is 0 Å². The van der Waals surface area contributed by atoms with Crippen LogP contribution in [0, 0.1) is 5.92 Å². The molecule has 1 aliphatic heterocycles. The molecule has 5 rings (SSSR count). The van der Waals surface area contributed by atoms with Crippen molar-refractivity contribution in [3.63, 3.8) is 0 Å². The molecule has 2 atom stereocenters. The van der Waals surface area contributed by atoms with Crippen molar-refractivity contribution in [2.75, 3.05) is 11.9 Å². The number of ether oxygens (including phenoxy) is 1. The van der Waals surface area contributed by atoms with Crippen LogP contribution in [0.1, 0.15) is 12.0 Å². The number of rotatable bonds is 8. The minimum atomic E-state index is -0.574. The molecular formula is C28H26ClN5O3. The molecule has 9 heteroatoms. The number of nitrogens with one attached hydrogen (secondary N) is 1. The summed E-state index contributed by atoms with van der Waals surface area (Å²) < 4.78 is 7.30. The largest absolute Gasteiger partial charge is 0.457 e. The Bertz CT molecular complexity index is 1330. The van der Waals surface area contributed by atoms with Gasteiger partial charge in [-0.05, 0) is 72.9 Å². The van der Waals surface area contributed by atoms with Gasteiger partial charge in [-0.3, -0.25) is 9.59 Å². The lowest BCUT2D eigenvalue weighted by Gasteiger charge is -2.24. The Morgan fingerprint density at radius 3 is 2.35 bits per heavy atom. The smallest absolute Gasteiger partial charge is 0.247 e. The lowest BCUT2D eigenvalue weighted by molar-refractivity contribution is -0.137. The van der Waals surface area contributed by atoms with Crippen molar-refractivity contribution in [3.8, 4) is 11.5 Å². The van der Waals surface area contributed by atoms with Crippen molar-refractivity contribution in [3.05, 3.63) is 102 Å². The fourth-order valence-corrected chi connectivity index (χ4v) is 4.68. The van der Waals surface area contributed by atoms with Gasteiger partial charge in [0.05, 0.1) is 0 Å². The summed E-state index contributed by atoms with van der Waals surface area (Å²) in [5.41, 5.74) is 1.82. The average molecular weight is 516 g/mol. The van der Waals surface area contributed by atoms with Crippen LogP contribution in [0.2, 0.25) is 5.02 Å². The highest BCUT2D eigenvalue weighted by Gasteiger charge is 2.39. The molecular weight excluding hydrogens is 490 g/mol. The van der Waals surface area contributed by atoms with Crippen LogP contribution >= 0.6 is 11.6 Å². The molecule has 2 amide bonds. The highest BCUT2D eigenvalue weighted by atomic mass is 35.5. The highest BCUT2D eigenvalue weighted by molar-refractivity contribution is 6.30. The number of amides is 2. The summed E-state index contributed by atoms with van der Waals surface area (Å²) in [6.45, 7) is 0.549. The third kappa shape index (κ3) is 6.34. The molecule has 37 heavy (non-hydrogen) atoms. The second-order valence-corrected chi connectivity index (χ2v) is 9.45. The second kappa shape index (κ2) is 11.3. The van der Waals surface area contributed by atoms with E-state index in [-0.39, 0.29) is 24.3 Å². The van der Waals surface area contributed by atoms with Crippen LogP contribution in [0.25, 0.3) is 0 Å². The SMILES string of the molecule is O=C(Nc1ccc(Oc2ccc(Cl)cc2)cc1)[C@@H]1C[C@@H](Cc2ccccc2)CN1C(=O)Cn1cncn1. The van der Waals surface area contributed by atoms with Gasteiger partial charge in [0.15, 0.2) is 0 Å². The minimum Gasteiger partial charge on any atom is -0.457 e. The molecule has 0 saturated carbocycles. The molecule has 0 aliphatic carbocycles. The Kier molecular flexibility index (Phi) is 7.46. The Hall–Kier alpha value is -4.17. The molecule has 3 aromatic carbocycles. The van der Waals surface area contributed by atoms with Gasteiger partial charge in [0.2, 0.25) is 11.8 Å². The van der Waals surface area contributed by atoms with Crippen LogP contribution in [0.15, 0.2) is 91.5 Å². The maximum absolute atomic E-state index is 13.4. The first-order valence-corrected chi connectivity index (χ1v) is 12.4. The number of hydrogen-bond donors (Lipinski definition) is 1. The Labute approximate surface area is 219 Å². The summed E-state index contributed by atoms with van der Waals surface area (Å²) in [6, 6.07) is 23.8. The number of nitrogens with zero attached hydrogens (tertiary/aromatic N) is 4. The predicted octanol–water partition coefficient (Wildman–Crippen LogP) is 4.82. The number of benzene rings is 3. The van der Waals surface area contributed by atoms with Gasteiger partial charge in [0.1, 0.15) is 36.7 Å². The van der Waals surface area contributed by atoms with E-state index in [0.29, 0.717) is 35.2 Å². The maximum atomic E-state index is 13.4. The molecule has 4 aromatic rings. The molecule has 1 N–H and O–H groups in total. The molecule has 188 valence electrons. The van der Waals surface area contributed by atoms with Crippen molar-refractivity contribution >= 4 is 29.1 Å². The van der Waals surface area contributed by atoms with Gasteiger partial charge in [-0.2, -0.15) is 5.10 Å². The molecule has 1 aliphatic rings. The van der Waals surface area contributed by atoms with Gasteiger partial charge >= 0.3 is 0 Å².